The number of carbonyl (C=O) groups excluding carboxylic acids is 4. The molecule has 32 heteroatoms. The molecule has 9 aromatic carbocycles. The molecule has 3 fully saturated rings. The second-order valence-electron chi connectivity index (χ2n) is 24.5. The van der Waals surface area contributed by atoms with E-state index < -0.39 is 52.8 Å². The molecule has 0 amide bonds. The van der Waals surface area contributed by atoms with Crippen LogP contribution in [0.15, 0.2) is 182 Å². The number of ketones is 1. The van der Waals surface area contributed by atoms with Crippen LogP contribution in [0.1, 0.15) is 118 Å². The molecule has 0 aliphatic carbocycles. The van der Waals surface area contributed by atoms with Crippen LogP contribution in [0.2, 0.25) is 45.2 Å². The molecule has 3 aliphatic heterocycles. The van der Waals surface area contributed by atoms with E-state index in [1.165, 1.54) is 45.3 Å². The molecule has 112 heavy (non-hydrogen) atoms. The molecule has 0 bridgehead atoms. The molecule has 15 nitrogen and oxygen atoms in total. The average molecular weight is 1730 g/mol. The molecular weight excluding hydrogens is 1660 g/mol. The maximum Gasteiger partial charge on any atom is 1.00 e. The molecule has 9 aromatic rings. The van der Waals surface area contributed by atoms with Gasteiger partial charge in [0.2, 0.25) is 0 Å². The fourth-order valence-electron chi connectivity index (χ4n) is 11.8. The van der Waals surface area contributed by atoms with Gasteiger partial charge >= 0.3 is 53.9 Å². The number of hydrogen-bond acceptors (Lipinski definition) is 13. The standard InChI is InChI=1S/2C24H21Cl3F2N2.C17H14Cl3NO.C7H7F2N.C4H6O3.C2H4O2.C2H3O.BO.Na.H2O/c2*25-17-4-2-16(3-5-17)24-13-19(30-14-15-1-7-21(28)22(29)11-15)9-10-31(24)23-8-6-18(26)12-20(23)27;18-12-3-1-11(2-4-12)17-10-14(22)7-8-21(17)16-6-5-13(19)9-15(16)20;8-6-2-1-5(4-10)3-7(6)9;1-3(5)7-4(2)6;1-2(3)4;1-2-3;1-2;;/h2*1-8,11-12,19,24,30H,9-10,13-14H2;1-6,9,17H,7-8,10H2;1-3H,4,10H2;1-2H3;1H3,(H,3,4);1H3;;;1H2/q;;;;;;-1;;+1;/t2*19?,24-;;;;;;;;/m00......../s1. The summed E-state index contributed by atoms with van der Waals surface area (Å²) in [5, 5.41) is 20.1. The first-order chi connectivity index (χ1) is 52.4. The van der Waals surface area contributed by atoms with Gasteiger partial charge in [-0.1, -0.05) is 159 Å². The van der Waals surface area contributed by atoms with Gasteiger partial charge in [0.15, 0.2) is 34.9 Å². The average Bonchev–Trinajstić information content (AvgIpc) is 0.843. The summed E-state index contributed by atoms with van der Waals surface area (Å²) < 4.78 is 89.7. The number of carboxylic acids is 1. The van der Waals surface area contributed by atoms with E-state index in [1.807, 2.05) is 109 Å². The number of carbonyl (C=O) groups is 4. The number of piperidine rings is 3. The summed E-state index contributed by atoms with van der Waals surface area (Å²) >= 11 is 55.7. The monoisotopic (exact) mass is 1730 g/mol. The number of hydrogen-bond donors (Lipinski definition) is 4. The number of ether oxygens (including phenoxy) is 1. The van der Waals surface area contributed by atoms with Crippen molar-refractivity contribution in [3.8, 4) is 0 Å². The number of carboxylic acid groups (broad SMARTS) is 1. The summed E-state index contributed by atoms with van der Waals surface area (Å²) in [7, 11) is 3.25. The number of nitrogens with one attached hydrogen (secondary N) is 2. The molecule has 1 radical (unpaired) electrons. The molecule has 0 spiro atoms. The number of benzene rings is 9. The van der Waals surface area contributed by atoms with Crippen molar-refractivity contribution in [2.24, 2.45) is 5.73 Å². The van der Waals surface area contributed by atoms with Gasteiger partial charge in [-0.2, -0.15) is 6.92 Å². The van der Waals surface area contributed by atoms with E-state index in [2.05, 4.69) is 37.8 Å². The van der Waals surface area contributed by atoms with Crippen LogP contribution < -0.4 is 60.6 Å². The Labute approximate surface area is 715 Å². The molecule has 7 N–H and O–H groups in total. The molecule has 3 aliphatic rings. The quantitative estimate of drug-likeness (QED) is 0.0277. The van der Waals surface area contributed by atoms with Crippen LogP contribution in [0.25, 0.3) is 0 Å². The van der Waals surface area contributed by atoms with Gasteiger partial charge in [-0.15, -0.1) is 0 Å². The first kappa shape index (κ1) is 99.4. The summed E-state index contributed by atoms with van der Waals surface area (Å²) in [6.45, 7) is 8.15. The zero-order valence-electron chi connectivity index (χ0n) is 61.2. The van der Waals surface area contributed by atoms with Crippen LogP contribution >= 0.6 is 104 Å². The maximum absolute atomic E-state index is 13.5. The number of nitrogens with zero attached hydrogens (tertiary/aromatic N) is 3. The van der Waals surface area contributed by atoms with Crippen molar-refractivity contribution < 1.29 is 99.9 Å². The summed E-state index contributed by atoms with van der Waals surface area (Å²) in [4.78, 5) is 56.0. The zero-order valence-corrected chi connectivity index (χ0v) is 70.0. The number of aliphatic carboxylic acids is 1. The van der Waals surface area contributed by atoms with Gasteiger partial charge in [0.1, 0.15) is 5.78 Å². The van der Waals surface area contributed by atoms with Crippen LogP contribution in [0, 0.1) is 34.9 Å². The summed E-state index contributed by atoms with van der Waals surface area (Å²) in [6.07, 6.45) is 5.91. The Hall–Kier alpha value is -6.78. The van der Waals surface area contributed by atoms with Crippen molar-refractivity contribution in [2.45, 2.75) is 116 Å². The van der Waals surface area contributed by atoms with E-state index in [4.69, 9.17) is 130 Å². The van der Waals surface area contributed by atoms with Crippen LogP contribution in [0.5, 0.6) is 0 Å². The molecule has 3 unspecified atom stereocenters. The van der Waals surface area contributed by atoms with Gasteiger partial charge in [0.05, 0.1) is 50.3 Å². The molecule has 3 heterocycles. The van der Waals surface area contributed by atoms with Crippen molar-refractivity contribution in [2.75, 3.05) is 34.3 Å². The number of anilines is 3. The van der Waals surface area contributed by atoms with E-state index in [1.54, 1.807) is 30.3 Å². The Balaban J connectivity index is 0.000000375. The van der Waals surface area contributed by atoms with Gasteiger partial charge in [-0.25, -0.2) is 26.3 Å². The minimum Gasteiger partial charge on any atom is 1.00 e. The van der Waals surface area contributed by atoms with Gasteiger partial charge < -0.3 is 51.2 Å². The third-order valence-electron chi connectivity index (χ3n) is 16.7. The van der Waals surface area contributed by atoms with Crippen LogP contribution in [0.4, 0.5) is 43.4 Å². The summed E-state index contributed by atoms with van der Waals surface area (Å²) in [5.41, 5.74) is 13.3. The van der Waals surface area contributed by atoms with Crippen LogP contribution in [0.3, 0.4) is 0 Å². The SMILES string of the molecule is CC(=O)O.CC(=O)OC(C)=O.C[C-]=O.Fc1ccc(CNC2CCN(c3ccc(Cl)cc3Cl)[C@H](c3ccc(Cl)cc3)C2)cc1F.Fc1ccc(CNC2CCN(c3ccc(Cl)cc3Cl)[C@H](c3ccc(Cl)cc3)C2)cc1F.NCc1ccc(F)c(F)c1.O.O=C1CCN(c2ccc(Cl)cc2Cl)C(c2ccc(Cl)cc2)C1.[B]=O.[Na+]. The first-order valence-electron chi connectivity index (χ1n) is 33.7. The van der Waals surface area contributed by atoms with E-state index in [-0.39, 0.29) is 77.6 Å². The third-order valence-corrected chi connectivity index (χ3v) is 19.1. The first-order valence-corrected chi connectivity index (χ1v) is 37.1. The zero-order chi connectivity index (χ0) is 81.3. The van der Waals surface area contributed by atoms with Crippen molar-refractivity contribution >= 4 is 159 Å². The Morgan fingerprint density at radius 1 is 0.473 bits per heavy atom. The maximum atomic E-state index is 13.5. The van der Waals surface area contributed by atoms with Crippen molar-refractivity contribution in [1.29, 1.82) is 0 Å². The molecule has 12 rings (SSSR count). The van der Waals surface area contributed by atoms with Crippen LogP contribution in [-0.4, -0.2) is 80.0 Å². The fraction of sp³-hybridized carbons (Fsp3) is 0.263. The van der Waals surface area contributed by atoms with E-state index >= 15 is 0 Å². The predicted octanol–water partition coefficient (Wildman–Crippen LogP) is 17.8. The van der Waals surface area contributed by atoms with Crippen molar-refractivity contribution in [1.82, 2.24) is 10.6 Å². The Bertz CT molecular complexity index is 4320. The Morgan fingerprint density at radius 3 is 1.04 bits per heavy atom. The minimum absolute atomic E-state index is 0. The molecule has 591 valence electrons. The Kier molecular flexibility index (Phi) is 45.5. The van der Waals surface area contributed by atoms with Gasteiger partial charge in [-0.3, -0.25) is 25.5 Å². The largest absolute Gasteiger partial charge is 1.00 e. The topological polar surface area (TPSA) is 223 Å². The second-order valence-corrected chi connectivity index (χ2v) is 28.4. The summed E-state index contributed by atoms with van der Waals surface area (Å²) in [6, 6.07) is 52.0. The molecular formula is C80H78BCl9F6N6NaO9. The molecule has 0 saturated carbocycles. The fourth-order valence-corrected chi connectivity index (χ4v) is 13.7. The van der Waals surface area contributed by atoms with Gasteiger partial charge in [0.25, 0.3) is 5.97 Å². The Morgan fingerprint density at radius 2 is 0.759 bits per heavy atom. The number of halogens is 15. The molecule has 0 aromatic heterocycles. The molecule has 3 saturated heterocycles. The summed E-state index contributed by atoms with van der Waals surface area (Å²) in [5.74, 6) is -6.70. The normalized spacial score (nSPS) is 15.9. The number of Topliss-reactive ketones (excluding diaryl/α,β-unsaturated/α-hetero) is 1. The number of nitrogens with two attached hydrogens (primary N) is 1. The predicted molar refractivity (Wildman–Crippen MR) is 432 cm³/mol. The second kappa shape index (κ2) is 51.2. The van der Waals surface area contributed by atoms with Gasteiger partial charge in [-0.05, 0) is 186 Å². The number of rotatable bonds is 13. The molecule has 5 atom stereocenters. The van der Waals surface area contributed by atoms with E-state index in [0.29, 0.717) is 94.4 Å². The number of esters is 2. The smallest absolute Gasteiger partial charge is 1.00 e. The van der Waals surface area contributed by atoms with Crippen molar-refractivity contribution in [3.63, 3.8) is 0 Å². The van der Waals surface area contributed by atoms with E-state index in [9.17, 15) is 40.7 Å². The third kappa shape index (κ3) is 33.2. The van der Waals surface area contributed by atoms with Gasteiger partial charge in [0, 0.05) is 115 Å². The van der Waals surface area contributed by atoms with E-state index in [0.717, 1.165) is 104 Å². The van der Waals surface area contributed by atoms with Crippen molar-refractivity contribution in [3.05, 3.63) is 295 Å². The minimum atomic E-state index is -0.844. The van der Waals surface area contributed by atoms with Crippen LogP contribution in [-0.2, 0) is 53.0 Å².